The first-order chi connectivity index (χ1) is 8.97. The van der Waals surface area contributed by atoms with Crippen LogP contribution in [0.25, 0.3) is 0 Å². The molecule has 1 fully saturated rings. The first-order valence-electron chi connectivity index (χ1n) is 6.54. The second-order valence-corrected chi connectivity index (χ2v) is 5.85. The normalized spacial score (nSPS) is 19.3. The Hall–Kier alpha value is -1.35. The maximum absolute atomic E-state index is 12.1. The number of halogens is 1. The van der Waals surface area contributed by atoms with Gasteiger partial charge in [-0.1, -0.05) is 37.6 Å². The van der Waals surface area contributed by atoms with Crippen molar-refractivity contribution in [2.45, 2.75) is 20.3 Å². The van der Waals surface area contributed by atoms with Gasteiger partial charge in [0.05, 0.1) is 6.54 Å². The molecule has 0 aliphatic carbocycles. The number of nitrogens with zero attached hydrogens (tertiary/aromatic N) is 1. The maximum atomic E-state index is 12.1. The summed E-state index contributed by atoms with van der Waals surface area (Å²) < 4.78 is 0. The molecule has 1 aliphatic heterocycles. The van der Waals surface area contributed by atoms with Gasteiger partial charge >= 0.3 is 0 Å². The number of carbonyl (C=O) groups excluding carboxylic acids is 2. The van der Waals surface area contributed by atoms with Gasteiger partial charge in [-0.05, 0) is 24.0 Å². The fraction of sp³-hybridized carbons (Fsp3) is 0.467. The van der Waals surface area contributed by atoms with Crippen molar-refractivity contribution in [2.75, 3.05) is 13.1 Å². The van der Waals surface area contributed by atoms with E-state index in [1.807, 2.05) is 0 Å². The van der Waals surface area contributed by atoms with E-state index in [2.05, 4.69) is 13.8 Å². The van der Waals surface area contributed by atoms with E-state index < -0.39 is 0 Å². The van der Waals surface area contributed by atoms with Gasteiger partial charge in [-0.15, -0.1) is 0 Å². The van der Waals surface area contributed by atoms with Gasteiger partial charge in [-0.3, -0.25) is 9.59 Å². The predicted molar refractivity (Wildman–Crippen MR) is 75.3 cm³/mol. The largest absolute Gasteiger partial charge is 0.335 e. The van der Waals surface area contributed by atoms with Crippen LogP contribution in [0.15, 0.2) is 24.3 Å². The van der Waals surface area contributed by atoms with E-state index in [1.165, 1.54) is 0 Å². The lowest BCUT2D eigenvalue weighted by molar-refractivity contribution is -0.127. The van der Waals surface area contributed by atoms with Gasteiger partial charge in [0.25, 0.3) is 0 Å². The fourth-order valence-corrected chi connectivity index (χ4v) is 2.52. The minimum absolute atomic E-state index is 0.0553. The van der Waals surface area contributed by atoms with Crippen LogP contribution < -0.4 is 0 Å². The van der Waals surface area contributed by atoms with E-state index in [1.54, 1.807) is 29.2 Å². The van der Waals surface area contributed by atoms with Crippen molar-refractivity contribution >= 4 is 23.3 Å². The molecule has 0 aromatic heterocycles. The second kappa shape index (κ2) is 5.74. The summed E-state index contributed by atoms with van der Waals surface area (Å²) >= 11 is 5.87. The first-order valence-corrected chi connectivity index (χ1v) is 6.91. The van der Waals surface area contributed by atoms with Gasteiger partial charge in [0, 0.05) is 23.6 Å². The summed E-state index contributed by atoms with van der Waals surface area (Å²) in [5, 5.41) is 0.540. The predicted octanol–water partition coefficient (Wildman–Crippen LogP) is 3.03. The van der Waals surface area contributed by atoms with E-state index in [-0.39, 0.29) is 18.2 Å². The standard InChI is InChI=1S/C15H18ClNO2/c1-10(2)12-7-15(19)17(8-12)9-14(18)11-4-3-5-13(16)6-11/h3-6,10,12H,7-9H2,1-2H3. The number of carbonyl (C=O) groups is 2. The van der Waals surface area contributed by atoms with E-state index in [0.29, 0.717) is 35.4 Å². The van der Waals surface area contributed by atoms with Crippen LogP contribution in [0.1, 0.15) is 30.6 Å². The minimum Gasteiger partial charge on any atom is -0.335 e. The summed E-state index contributed by atoms with van der Waals surface area (Å²) in [4.78, 5) is 25.7. The summed E-state index contributed by atoms with van der Waals surface area (Å²) in [6.45, 7) is 5.06. The third kappa shape index (κ3) is 3.35. The monoisotopic (exact) mass is 279 g/mol. The van der Waals surface area contributed by atoms with Crippen molar-refractivity contribution < 1.29 is 9.59 Å². The van der Waals surface area contributed by atoms with E-state index in [9.17, 15) is 9.59 Å². The van der Waals surface area contributed by atoms with Crippen molar-refractivity contribution in [2.24, 2.45) is 11.8 Å². The Balaban J connectivity index is 2.02. The smallest absolute Gasteiger partial charge is 0.223 e. The van der Waals surface area contributed by atoms with Gasteiger partial charge < -0.3 is 4.90 Å². The minimum atomic E-state index is -0.0553. The summed E-state index contributed by atoms with van der Waals surface area (Å²) in [7, 11) is 0. The van der Waals surface area contributed by atoms with Gasteiger partial charge in [-0.2, -0.15) is 0 Å². The van der Waals surface area contributed by atoms with Gasteiger partial charge in [0.1, 0.15) is 0 Å². The maximum Gasteiger partial charge on any atom is 0.223 e. The molecule has 0 saturated carbocycles. The van der Waals surface area contributed by atoms with Crippen LogP contribution in [0.2, 0.25) is 5.02 Å². The van der Waals surface area contributed by atoms with Crippen molar-refractivity contribution in [1.29, 1.82) is 0 Å². The molecule has 0 radical (unpaired) electrons. The summed E-state index contributed by atoms with van der Waals surface area (Å²) in [6, 6.07) is 6.85. The Morgan fingerprint density at radius 2 is 2.21 bits per heavy atom. The molecule has 1 saturated heterocycles. The molecule has 0 bridgehead atoms. The third-order valence-electron chi connectivity index (χ3n) is 3.67. The molecule has 1 aromatic rings. The number of benzene rings is 1. The highest BCUT2D eigenvalue weighted by Crippen LogP contribution is 2.25. The lowest BCUT2D eigenvalue weighted by Gasteiger charge is -2.17. The van der Waals surface area contributed by atoms with Crippen molar-refractivity contribution in [3.63, 3.8) is 0 Å². The van der Waals surface area contributed by atoms with Crippen LogP contribution >= 0.6 is 11.6 Å². The van der Waals surface area contributed by atoms with Crippen LogP contribution in [0.4, 0.5) is 0 Å². The molecule has 4 heteroatoms. The molecule has 19 heavy (non-hydrogen) atoms. The zero-order chi connectivity index (χ0) is 14.0. The van der Waals surface area contributed by atoms with Crippen LogP contribution in [-0.4, -0.2) is 29.7 Å². The summed E-state index contributed by atoms with van der Waals surface area (Å²) in [6.07, 6.45) is 0.556. The zero-order valence-corrected chi connectivity index (χ0v) is 12.0. The number of amides is 1. The number of Topliss-reactive ketones (excluding diaryl/α,β-unsaturated/α-hetero) is 1. The molecule has 102 valence electrons. The van der Waals surface area contributed by atoms with Gasteiger partial charge in [0.15, 0.2) is 5.78 Å². The number of rotatable bonds is 4. The average Bonchev–Trinajstić information content (AvgIpc) is 2.71. The molecule has 1 aromatic carbocycles. The highest BCUT2D eigenvalue weighted by atomic mass is 35.5. The van der Waals surface area contributed by atoms with Crippen LogP contribution in [0.5, 0.6) is 0 Å². The second-order valence-electron chi connectivity index (χ2n) is 5.42. The molecule has 3 nitrogen and oxygen atoms in total. The Kier molecular flexibility index (Phi) is 4.25. The molecular weight excluding hydrogens is 262 g/mol. The average molecular weight is 280 g/mol. The third-order valence-corrected chi connectivity index (χ3v) is 3.90. The van der Waals surface area contributed by atoms with Crippen LogP contribution in [-0.2, 0) is 4.79 Å². The van der Waals surface area contributed by atoms with Crippen LogP contribution in [0.3, 0.4) is 0 Å². The highest BCUT2D eigenvalue weighted by molar-refractivity contribution is 6.31. The highest BCUT2D eigenvalue weighted by Gasteiger charge is 2.32. The zero-order valence-electron chi connectivity index (χ0n) is 11.2. The summed E-state index contributed by atoms with van der Waals surface area (Å²) in [5.41, 5.74) is 0.563. The molecule has 1 heterocycles. The molecule has 1 aliphatic rings. The van der Waals surface area contributed by atoms with Crippen molar-refractivity contribution in [1.82, 2.24) is 4.90 Å². The van der Waals surface area contributed by atoms with Gasteiger partial charge in [-0.25, -0.2) is 0 Å². The molecule has 1 unspecified atom stereocenters. The Bertz CT molecular complexity index is 499. The number of hydrogen-bond donors (Lipinski definition) is 0. The molecule has 1 amide bonds. The topological polar surface area (TPSA) is 37.4 Å². The Morgan fingerprint density at radius 3 is 2.79 bits per heavy atom. The van der Waals surface area contributed by atoms with Gasteiger partial charge in [0.2, 0.25) is 5.91 Å². The van der Waals surface area contributed by atoms with E-state index in [4.69, 9.17) is 11.6 Å². The van der Waals surface area contributed by atoms with Crippen molar-refractivity contribution in [3.05, 3.63) is 34.9 Å². The molecule has 0 spiro atoms. The fourth-order valence-electron chi connectivity index (χ4n) is 2.33. The molecule has 1 atom stereocenters. The quantitative estimate of drug-likeness (QED) is 0.795. The molecule has 2 rings (SSSR count). The van der Waals surface area contributed by atoms with Crippen molar-refractivity contribution in [3.8, 4) is 0 Å². The first kappa shape index (κ1) is 14.1. The lowest BCUT2D eigenvalue weighted by Crippen LogP contribution is -2.31. The van der Waals surface area contributed by atoms with E-state index in [0.717, 1.165) is 0 Å². The molecule has 0 N–H and O–H groups in total. The van der Waals surface area contributed by atoms with Crippen LogP contribution in [0, 0.1) is 11.8 Å². The Morgan fingerprint density at radius 1 is 1.47 bits per heavy atom. The number of ketones is 1. The number of likely N-dealkylation sites (tertiary alicyclic amines) is 1. The summed E-state index contributed by atoms with van der Waals surface area (Å²) in [5.74, 6) is 0.851. The SMILES string of the molecule is CC(C)C1CC(=O)N(CC(=O)c2cccc(Cl)c2)C1. The lowest BCUT2D eigenvalue weighted by atomic mass is 9.95. The molecular formula is C15H18ClNO2. The number of hydrogen-bond acceptors (Lipinski definition) is 2. The van der Waals surface area contributed by atoms with E-state index >= 15 is 0 Å². The Labute approximate surface area is 118 Å².